The van der Waals surface area contributed by atoms with E-state index < -0.39 is 48.1 Å². The number of ether oxygens (including phenoxy) is 2. The molecule has 0 unspecified atom stereocenters. The minimum absolute atomic E-state index is 0.0265. The highest BCUT2D eigenvalue weighted by molar-refractivity contribution is 5.97. The van der Waals surface area contributed by atoms with Crippen LogP contribution in [0.25, 0.3) is 0 Å². The Hall–Kier alpha value is -1.52. The zero-order chi connectivity index (χ0) is 20.8. The fraction of sp³-hybridized carbons (Fsp3) is 0.800. The van der Waals surface area contributed by atoms with Gasteiger partial charge in [-0.2, -0.15) is 0 Å². The lowest BCUT2D eigenvalue weighted by Gasteiger charge is -2.29. The van der Waals surface area contributed by atoms with E-state index in [1.165, 1.54) is 6.92 Å². The van der Waals surface area contributed by atoms with Gasteiger partial charge in [0, 0.05) is 30.4 Å². The predicted octanol–water partition coefficient (Wildman–Crippen LogP) is -1.05. The summed E-state index contributed by atoms with van der Waals surface area (Å²) in [5.41, 5.74) is 0.311. The summed E-state index contributed by atoms with van der Waals surface area (Å²) in [4.78, 5) is 24.9. The van der Waals surface area contributed by atoms with Crippen molar-refractivity contribution >= 4 is 11.8 Å². The molecule has 0 bridgehead atoms. The molecule has 0 radical (unpaired) electrons. The average Bonchev–Trinajstić information content (AvgIpc) is 3.60. The van der Waals surface area contributed by atoms with Gasteiger partial charge in [0.15, 0.2) is 5.79 Å². The molecule has 0 aromatic rings. The van der Waals surface area contributed by atoms with Crippen LogP contribution in [0.1, 0.15) is 39.0 Å². The van der Waals surface area contributed by atoms with Crippen molar-refractivity contribution in [2.45, 2.75) is 75.3 Å². The lowest BCUT2D eigenvalue weighted by molar-refractivity contribution is -0.209. The minimum Gasteiger partial charge on any atom is -0.395 e. The molecule has 162 valence electrons. The number of aliphatic hydroxyl groups is 3. The summed E-state index contributed by atoms with van der Waals surface area (Å²) < 4.78 is 12.6. The molecule has 1 heterocycles. The molecule has 4 rings (SSSR count). The molecule has 2 saturated carbocycles. The van der Waals surface area contributed by atoms with Crippen molar-refractivity contribution in [2.24, 2.45) is 11.8 Å². The fourth-order valence-corrected chi connectivity index (χ4v) is 4.41. The predicted molar refractivity (Wildman–Crippen MR) is 100 cm³/mol. The Morgan fingerprint density at radius 1 is 1.24 bits per heavy atom. The Kier molecular flexibility index (Phi) is 5.69. The van der Waals surface area contributed by atoms with Crippen LogP contribution in [0.2, 0.25) is 0 Å². The summed E-state index contributed by atoms with van der Waals surface area (Å²) in [6, 6.07) is -1.16. The van der Waals surface area contributed by atoms with Crippen LogP contribution in [0.5, 0.6) is 0 Å². The van der Waals surface area contributed by atoms with Crippen LogP contribution in [0.4, 0.5) is 0 Å². The van der Waals surface area contributed by atoms with Crippen LogP contribution >= 0.6 is 0 Å². The first kappa shape index (κ1) is 20.7. The van der Waals surface area contributed by atoms with Crippen molar-refractivity contribution in [3.05, 3.63) is 11.6 Å². The number of hydrogen-bond acceptors (Lipinski definition) is 7. The van der Waals surface area contributed by atoms with Gasteiger partial charge in [0.1, 0.15) is 18.2 Å². The van der Waals surface area contributed by atoms with Crippen molar-refractivity contribution < 1.29 is 34.4 Å². The van der Waals surface area contributed by atoms with E-state index in [0.717, 1.165) is 25.7 Å². The standard InChI is InChI=1S/C20H30N2O7/c1-10(24)16(19(27)21-6-7-23)22-18(26)11-8-14(25)17-15(9-11)28-20(29-17,12-2-3-12)13-4-5-13/h9-10,12-17,23-25H,2-8H2,1H3,(H,21,27)(H,22,26)/t10-,14+,15+,16+,17-/m0/s1. The normalized spacial score (nSPS) is 32.7. The third kappa shape index (κ3) is 4.06. The van der Waals surface area contributed by atoms with Gasteiger partial charge in [-0.15, -0.1) is 0 Å². The summed E-state index contributed by atoms with van der Waals surface area (Å²) in [6.45, 7) is 1.18. The van der Waals surface area contributed by atoms with E-state index in [9.17, 15) is 19.8 Å². The number of amides is 2. The van der Waals surface area contributed by atoms with E-state index in [1.807, 2.05) is 0 Å². The molecule has 5 N–H and O–H groups in total. The van der Waals surface area contributed by atoms with E-state index in [0.29, 0.717) is 17.4 Å². The number of carbonyl (C=O) groups excluding carboxylic acids is 2. The van der Waals surface area contributed by atoms with E-state index in [4.69, 9.17) is 14.6 Å². The Bertz CT molecular complexity index is 674. The molecule has 0 aromatic carbocycles. The zero-order valence-electron chi connectivity index (χ0n) is 16.5. The number of aliphatic hydroxyl groups excluding tert-OH is 3. The molecule has 29 heavy (non-hydrogen) atoms. The molecule has 1 aliphatic heterocycles. The van der Waals surface area contributed by atoms with Crippen molar-refractivity contribution in [1.29, 1.82) is 0 Å². The maximum atomic E-state index is 12.8. The number of hydrogen-bond donors (Lipinski definition) is 5. The smallest absolute Gasteiger partial charge is 0.247 e. The molecule has 9 heteroatoms. The topological polar surface area (TPSA) is 137 Å². The highest BCUT2D eigenvalue weighted by atomic mass is 16.8. The van der Waals surface area contributed by atoms with Gasteiger partial charge in [0.05, 0.1) is 18.8 Å². The second-order valence-electron chi connectivity index (χ2n) is 8.60. The summed E-state index contributed by atoms with van der Waals surface area (Å²) >= 11 is 0. The molecule has 2 amide bonds. The molecule has 4 aliphatic rings. The lowest BCUT2D eigenvalue weighted by Crippen LogP contribution is -2.53. The third-order valence-electron chi connectivity index (χ3n) is 6.19. The molecular formula is C20H30N2O7. The SMILES string of the molecule is C[C@H](O)[C@@H](NC(=O)C1=C[C@H]2OC(C3CC3)(C3CC3)O[C@H]2[C@H](O)C1)C(=O)NCCO. The van der Waals surface area contributed by atoms with Crippen LogP contribution in [0.3, 0.4) is 0 Å². The maximum absolute atomic E-state index is 12.8. The summed E-state index contributed by atoms with van der Waals surface area (Å²) in [6.07, 6.45) is 3.01. The molecule has 0 spiro atoms. The van der Waals surface area contributed by atoms with E-state index >= 15 is 0 Å². The Morgan fingerprint density at radius 3 is 2.45 bits per heavy atom. The van der Waals surface area contributed by atoms with Crippen LogP contribution in [-0.2, 0) is 19.1 Å². The van der Waals surface area contributed by atoms with Crippen LogP contribution in [0, 0.1) is 11.8 Å². The number of rotatable bonds is 8. The van der Waals surface area contributed by atoms with Gasteiger partial charge in [-0.3, -0.25) is 9.59 Å². The molecule has 9 nitrogen and oxygen atoms in total. The van der Waals surface area contributed by atoms with Gasteiger partial charge < -0.3 is 35.4 Å². The summed E-state index contributed by atoms with van der Waals surface area (Å²) in [7, 11) is 0. The van der Waals surface area contributed by atoms with Gasteiger partial charge in [-0.25, -0.2) is 0 Å². The van der Waals surface area contributed by atoms with Crippen LogP contribution in [0.15, 0.2) is 11.6 Å². The molecule has 3 aliphatic carbocycles. The van der Waals surface area contributed by atoms with Gasteiger partial charge in [-0.05, 0) is 38.7 Å². The maximum Gasteiger partial charge on any atom is 0.247 e. The molecular weight excluding hydrogens is 380 g/mol. The van der Waals surface area contributed by atoms with Gasteiger partial charge in [-0.1, -0.05) is 0 Å². The second-order valence-corrected chi connectivity index (χ2v) is 8.60. The highest BCUT2D eigenvalue weighted by Crippen LogP contribution is 2.59. The number of nitrogens with one attached hydrogen (secondary N) is 2. The highest BCUT2D eigenvalue weighted by Gasteiger charge is 2.64. The Labute approximate surface area is 169 Å². The van der Waals surface area contributed by atoms with E-state index in [1.54, 1.807) is 6.08 Å². The summed E-state index contributed by atoms with van der Waals surface area (Å²) in [5.74, 6) is -1.04. The first-order valence-corrected chi connectivity index (χ1v) is 10.5. The third-order valence-corrected chi connectivity index (χ3v) is 6.19. The molecule has 1 saturated heterocycles. The minimum atomic E-state index is -1.16. The molecule has 3 fully saturated rings. The number of carbonyl (C=O) groups is 2. The Balaban J connectivity index is 1.46. The monoisotopic (exact) mass is 410 g/mol. The van der Waals surface area contributed by atoms with Crippen LogP contribution in [-0.4, -0.2) is 76.5 Å². The van der Waals surface area contributed by atoms with Gasteiger partial charge in [0.25, 0.3) is 0 Å². The zero-order valence-corrected chi connectivity index (χ0v) is 16.5. The second kappa shape index (κ2) is 7.96. The van der Waals surface area contributed by atoms with E-state index in [-0.39, 0.29) is 19.6 Å². The van der Waals surface area contributed by atoms with Gasteiger partial charge >= 0.3 is 0 Å². The average molecular weight is 410 g/mol. The van der Waals surface area contributed by atoms with Crippen LogP contribution < -0.4 is 10.6 Å². The molecule has 5 atom stereocenters. The quantitative estimate of drug-likeness (QED) is 0.344. The molecule has 0 aromatic heterocycles. The van der Waals surface area contributed by atoms with E-state index in [2.05, 4.69) is 10.6 Å². The fourth-order valence-electron chi connectivity index (χ4n) is 4.41. The number of fused-ring (bicyclic) bond motifs is 1. The van der Waals surface area contributed by atoms with Crippen molar-refractivity contribution in [3.8, 4) is 0 Å². The van der Waals surface area contributed by atoms with Gasteiger partial charge in [0.2, 0.25) is 11.8 Å². The Morgan fingerprint density at radius 2 is 1.90 bits per heavy atom. The van der Waals surface area contributed by atoms with Crippen molar-refractivity contribution in [2.75, 3.05) is 13.2 Å². The lowest BCUT2D eigenvalue weighted by atomic mass is 9.91. The summed E-state index contributed by atoms with van der Waals surface area (Å²) in [5, 5.41) is 34.3. The largest absolute Gasteiger partial charge is 0.395 e. The van der Waals surface area contributed by atoms with Crippen molar-refractivity contribution in [1.82, 2.24) is 10.6 Å². The first-order chi connectivity index (χ1) is 13.9. The first-order valence-electron chi connectivity index (χ1n) is 10.5. The van der Waals surface area contributed by atoms with Crippen molar-refractivity contribution in [3.63, 3.8) is 0 Å².